The second-order valence-electron chi connectivity index (χ2n) is 4.53. The Morgan fingerprint density at radius 3 is 2.57 bits per heavy atom. The van der Waals surface area contributed by atoms with Crippen LogP contribution in [-0.2, 0) is 19.6 Å². The molecule has 1 amide bonds. The molecule has 1 rings (SSSR count). The number of sulfonamides is 1. The Balaban J connectivity index is 2.69. The average molecular weight is 365 g/mol. The van der Waals surface area contributed by atoms with Crippen molar-refractivity contribution in [1.82, 2.24) is 4.31 Å². The zero-order valence-electron chi connectivity index (χ0n) is 12.6. The molecule has 1 aromatic carbocycles. The van der Waals surface area contributed by atoms with E-state index in [1.54, 1.807) is 0 Å². The Labute approximate surface area is 139 Å². The third-order valence-corrected chi connectivity index (χ3v) is 4.88. The number of carboxylic acids is 1. The van der Waals surface area contributed by atoms with Crippen LogP contribution in [0.4, 0.5) is 5.69 Å². The Bertz CT molecular complexity index is 692. The van der Waals surface area contributed by atoms with Crippen molar-refractivity contribution in [3.8, 4) is 5.75 Å². The molecule has 0 unspecified atom stereocenters. The summed E-state index contributed by atoms with van der Waals surface area (Å²) in [6.07, 6.45) is 0. The highest BCUT2D eigenvalue weighted by atomic mass is 35.5. The Kier molecular flexibility index (Phi) is 6.79. The van der Waals surface area contributed by atoms with E-state index in [0.29, 0.717) is 5.69 Å². The first-order chi connectivity index (χ1) is 10.7. The molecule has 0 saturated carbocycles. The molecule has 0 bridgehead atoms. The van der Waals surface area contributed by atoms with Crippen LogP contribution in [0.3, 0.4) is 0 Å². The zero-order valence-corrected chi connectivity index (χ0v) is 14.1. The number of likely N-dealkylation sites (N-methyl/N-ethyl adjacent to an activating group) is 1. The van der Waals surface area contributed by atoms with Crippen LogP contribution in [0.15, 0.2) is 18.2 Å². The first kappa shape index (κ1) is 19.2. The van der Waals surface area contributed by atoms with Crippen LogP contribution in [-0.4, -0.2) is 55.7 Å². The molecule has 0 saturated heterocycles. The van der Waals surface area contributed by atoms with Gasteiger partial charge in [0, 0.05) is 12.7 Å². The van der Waals surface area contributed by atoms with Crippen molar-refractivity contribution in [2.45, 2.75) is 6.92 Å². The number of rotatable bonds is 8. The summed E-state index contributed by atoms with van der Waals surface area (Å²) in [5.41, 5.74) is 0.338. The number of benzene rings is 1. The average Bonchev–Trinajstić information content (AvgIpc) is 2.45. The summed E-state index contributed by atoms with van der Waals surface area (Å²) in [7, 11) is -2.13. The molecule has 8 nitrogen and oxygen atoms in total. The van der Waals surface area contributed by atoms with Gasteiger partial charge in [-0.3, -0.25) is 4.79 Å². The number of amides is 1. The number of halogens is 1. The monoisotopic (exact) mass is 364 g/mol. The van der Waals surface area contributed by atoms with E-state index in [9.17, 15) is 18.0 Å². The van der Waals surface area contributed by atoms with Crippen molar-refractivity contribution in [3.05, 3.63) is 23.2 Å². The summed E-state index contributed by atoms with van der Waals surface area (Å²) in [4.78, 5) is 22.3. The molecule has 2 N–H and O–H groups in total. The summed E-state index contributed by atoms with van der Waals surface area (Å²) >= 11 is 5.92. The van der Waals surface area contributed by atoms with E-state index in [1.807, 2.05) is 0 Å². The van der Waals surface area contributed by atoms with Crippen LogP contribution >= 0.6 is 11.6 Å². The van der Waals surface area contributed by atoms with Gasteiger partial charge in [-0.25, -0.2) is 13.2 Å². The lowest BCUT2D eigenvalue weighted by Crippen LogP contribution is -2.35. The first-order valence-electron chi connectivity index (χ1n) is 6.53. The maximum atomic E-state index is 11.8. The number of hydrogen-bond acceptors (Lipinski definition) is 5. The van der Waals surface area contributed by atoms with E-state index in [-0.39, 0.29) is 23.1 Å². The lowest BCUT2D eigenvalue weighted by Gasteiger charge is -2.15. The molecule has 0 heterocycles. The Morgan fingerprint density at radius 2 is 2.04 bits per heavy atom. The molecule has 0 radical (unpaired) electrons. The second kappa shape index (κ2) is 8.14. The molecule has 0 fully saturated rings. The van der Waals surface area contributed by atoms with Gasteiger partial charge in [0.1, 0.15) is 5.75 Å². The van der Waals surface area contributed by atoms with Gasteiger partial charge in [0.05, 0.1) is 17.3 Å². The first-order valence-corrected chi connectivity index (χ1v) is 8.52. The van der Waals surface area contributed by atoms with Crippen molar-refractivity contribution in [1.29, 1.82) is 0 Å². The molecule has 128 valence electrons. The topological polar surface area (TPSA) is 113 Å². The van der Waals surface area contributed by atoms with Crippen LogP contribution < -0.4 is 10.1 Å². The normalized spacial score (nSPS) is 11.3. The SMILES string of the molecule is CCS(=O)(=O)N(C)CC(=O)Nc1ccc(OCC(=O)O)c(Cl)c1. The molecule has 23 heavy (non-hydrogen) atoms. The molecule has 0 aliphatic heterocycles. The highest BCUT2D eigenvalue weighted by Gasteiger charge is 2.18. The van der Waals surface area contributed by atoms with Crippen molar-refractivity contribution >= 4 is 39.2 Å². The number of nitrogens with one attached hydrogen (secondary N) is 1. The Morgan fingerprint density at radius 1 is 1.39 bits per heavy atom. The van der Waals surface area contributed by atoms with Gasteiger partial charge >= 0.3 is 5.97 Å². The molecule has 0 aromatic heterocycles. The zero-order chi connectivity index (χ0) is 17.6. The van der Waals surface area contributed by atoms with Gasteiger partial charge in [0.2, 0.25) is 15.9 Å². The van der Waals surface area contributed by atoms with Crippen molar-refractivity contribution in [2.75, 3.05) is 31.3 Å². The van der Waals surface area contributed by atoms with E-state index in [1.165, 1.54) is 32.2 Å². The molecular formula is C13H17ClN2O6S. The lowest BCUT2D eigenvalue weighted by molar-refractivity contribution is -0.139. The molecule has 0 aliphatic rings. The maximum Gasteiger partial charge on any atom is 0.341 e. The number of anilines is 1. The molecule has 10 heteroatoms. The van der Waals surface area contributed by atoms with Gasteiger partial charge in [-0.15, -0.1) is 0 Å². The van der Waals surface area contributed by atoms with Gasteiger partial charge in [-0.05, 0) is 25.1 Å². The van der Waals surface area contributed by atoms with Crippen molar-refractivity contribution in [3.63, 3.8) is 0 Å². The van der Waals surface area contributed by atoms with Gasteiger partial charge in [-0.2, -0.15) is 4.31 Å². The van der Waals surface area contributed by atoms with Gasteiger partial charge < -0.3 is 15.2 Å². The van der Waals surface area contributed by atoms with Crippen LogP contribution in [0.2, 0.25) is 5.02 Å². The van der Waals surface area contributed by atoms with Crippen LogP contribution in [0, 0.1) is 0 Å². The number of carbonyl (C=O) groups excluding carboxylic acids is 1. The van der Waals surface area contributed by atoms with Gasteiger partial charge in [0.25, 0.3) is 0 Å². The largest absolute Gasteiger partial charge is 0.480 e. The highest BCUT2D eigenvalue weighted by molar-refractivity contribution is 7.89. The number of carboxylic acid groups (broad SMARTS) is 1. The highest BCUT2D eigenvalue weighted by Crippen LogP contribution is 2.27. The van der Waals surface area contributed by atoms with E-state index >= 15 is 0 Å². The quantitative estimate of drug-likeness (QED) is 0.712. The molecular weight excluding hydrogens is 348 g/mol. The van der Waals surface area contributed by atoms with E-state index in [2.05, 4.69) is 5.32 Å². The van der Waals surface area contributed by atoms with Crippen molar-refractivity contribution < 1.29 is 27.9 Å². The molecule has 0 spiro atoms. The number of ether oxygens (including phenoxy) is 1. The van der Waals surface area contributed by atoms with E-state index < -0.39 is 28.5 Å². The minimum Gasteiger partial charge on any atom is -0.480 e. The van der Waals surface area contributed by atoms with Crippen LogP contribution in [0.1, 0.15) is 6.92 Å². The molecule has 1 aromatic rings. The smallest absolute Gasteiger partial charge is 0.341 e. The summed E-state index contributed by atoms with van der Waals surface area (Å²) in [6, 6.07) is 4.26. The summed E-state index contributed by atoms with van der Waals surface area (Å²) < 4.78 is 29.0. The third kappa shape index (κ3) is 6.05. The second-order valence-corrected chi connectivity index (χ2v) is 7.30. The van der Waals surface area contributed by atoms with E-state index in [0.717, 1.165) is 4.31 Å². The number of nitrogens with zero attached hydrogens (tertiary/aromatic N) is 1. The number of hydrogen-bond donors (Lipinski definition) is 2. The van der Waals surface area contributed by atoms with E-state index in [4.69, 9.17) is 21.4 Å². The fraction of sp³-hybridized carbons (Fsp3) is 0.385. The predicted octanol–water partition coefficient (Wildman–Crippen LogP) is 1.02. The van der Waals surface area contributed by atoms with Crippen LogP contribution in [0.5, 0.6) is 5.75 Å². The standard InChI is InChI=1S/C13H17ClN2O6S/c1-3-23(20,21)16(2)7-12(17)15-9-4-5-11(10(14)6-9)22-8-13(18)19/h4-6H,3,7-8H2,1-2H3,(H,15,17)(H,18,19). The predicted molar refractivity (Wildman–Crippen MR) is 85.3 cm³/mol. The minimum atomic E-state index is -3.45. The maximum absolute atomic E-state index is 11.8. The molecule has 0 aliphatic carbocycles. The summed E-state index contributed by atoms with van der Waals surface area (Å²) in [5.74, 6) is -1.60. The van der Waals surface area contributed by atoms with Gasteiger partial charge in [0.15, 0.2) is 6.61 Å². The number of carbonyl (C=O) groups is 2. The fourth-order valence-corrected chi connectivity index (χ4v) is 2.55. The fourth-order valence-electron chi connectivity index (χ4n) is 1.56. The van der Waals surface area contributed by atoms with Crippen molar-refractivity contribution in [2.24, 2.45) is 0 Å². The minimum absolute atomic E-state index is 0.0990. The summed E-state index contributed by atoms with van der Waals surface area (Å²) in [6.45, 7) is 0.621. The molecule has 0 atom stereocenters. The van der Waals surface area contributed by atoms with Gasteiger partial charge in [-0.1, -0.05) is 11.6 Å². The lowest BCUT2D eigenvalue weighted by atomic mass is 10.3. The number of aliphatic carboxylic acids is 1. The van der Waals surface area contributed by atoms with Crippen LogP contribution in [0.25, 0.3) is 0 Å². The Hall–Kier alpha value is -1.84. The third-order valence-electron chi connectivity index (χ3n) is 2.77. The summed E-state index contributed by atoms with van der Waals surface area (Å²) in [5, 5.41) is 11.2.